The second-order valence-electron chi connectivity index (χ2n) is 9.97. The van der Waals surface area contributed by atoms with E-state index in [1.165, 1.54) is 19.3 Å². The molecule has 0 unspecified atom stereocenters. The third-order valence-corrected chi connectivity index (χ3v) is 10.3. The van der Waals surface area contributed by atoms with Crippen molar-refractivity contribution in [3.8, 4) is 0 Å². The van der Waals surface area contributed by atoms with Crippen LogP contribution in [0.2, 0.25) is 0 Å². The average Bonchev–Trinajstić information content (AvgIpc) is 2.74. The van der Waals surface area contributed by atoms with Gasteiger partial charge in [0.25, 0.3) is 11.3 Å². The van der Waals surface area contributed by atoms with Gasteiger partial charge in [0.2, 0.25) is 0 Å². The van der Waals surface area contributed by atoms with Crippen molar-refractivity contribution in [2.45, 2.75) is 57.0 Å². The molecule has 4 saturated carbocycles. The van der Waals surface area contributed by atoms with Gasteiger partial charge in [0, 0.05) is 16.5 Å². The Labute approximate surface area is 186 Å². The number of para-hydroxylation sites is 2. The summed E-state index contributed by atoms with van der Waals surface area (Å²) in [4.78, 5) is 27.4. The lowest BCUT2D eigenvalue weighted by atomic mass is 9.48. The van der Waals surface area contributed by atoms with Gasteiger partial charge in [-0.2, -0.15) is 0 Å². The molecule has 2 amide bonds. The van der Waals surface area contributed by atoms with E-state index in [0.717, 1.165) is 37.1 Å². The van der Waals surface area contributed by atoms with Gasteiger partial charge in [-0.3, -0.25) is 9.59 Å². The molecule has 6 rings (SSSR count). The molecule has 5 heteroatoms. The van der Waals surface area contributed by atoms with Gasteiger partial charge in [0.15, 0.2) is 0 Å². The lowest BCUT2D eigenvalue weighted by Gasteiger charge is -2.63. The van der Waals surface area contributed by atoms with Gasteiger partial charge in [-0.05, 0) is 80.0 Å². The monoisotopic (exact) mass is 434 g/mol. The number of amides is 2. The highest BCUT2D eigenvalue weighted by molar-refractivity contribution is 7.90. The van der Waals surface area contributed by atoms with Crippen LogP contribution in [0.15, 0.2) is 60.7 Å². The first-order valence-corrected chi connectivity index (χ1v) is 12.9. The first kappa shape index (κ1) is 20.7. The summed E-state index contributed by atoms with van der Waals surface area (Å²) >= 11 is 0. The maximum atomic E-state index is 13.7. The maximum Gasteiger partial charge on any atom is 0.255 e. The molecule has 2 N–H and O–H groups in total. The van der Waals surface area contributed by atoms with Crippen molar-refractivity contribution >= 4 is 30.6 Å². The van der Waals surface area contributed by atoms with Gasteiger partial charge in [-0.25, -0.2) is 0 Å². The van der Waals surface area contributed by atoms with E-state index in [9.17, 15) is 9.59 Å². The van der Waals surface area contributed by atoms with E-state index in [0.29, 0.717) is 17.3 Å². The Hall–Kier alpha value is -2.19. The average molecular weight is 435 g/mol. The van der Waals surface area contributed by atoms with E-state index in [4.69, 9.17) is 0 Å². The van der Waals surface area contributed by atoms with Gasteiger partial charge < -0.3 is 10.6 Å². The Morgan fingerprint density at radius 3 is 1.77 bits per heavy atom. The number of hydrogen-bond donors (Lipinski definition) is 2. The fourth-order valence-corrected chi connectivity index (χ4v) is 9.90. The highest BCUT2D eigenvalue weighted by Gasteiger charge is 2.62. The third-order valence-electron chi connectivity index (χ3n) is 7.83. The molecule has 0 aromatic heterocycles. The predicted molar refractivity (Wildman–Crippen MR) is 128 cm³/mol. The Morgan fingerprint density at radius 2 is 1.32 bits per heavy atom. The fourth-order valence-electron chi connectivity index (χ4n) is 7.00. The molecule has 4 bridgehead atoms. The van der Waals surface area contributed by atoms with Gasteiger partial charge in [-0.1, -0.05) is 49.7 Å². The molecule has 2 aromatic rings. The van der Waals surface area contributed by atoms with E-state index < -0.39 is 7.92 Å². The zero-order valence-electron chi connectivity index (χ0n) is 18.1. The third kappa shape index (κ3) is 3.91. The smallest absolute Gasteiger partial charge is 0.255 e. The topological polar surface area (TPSA) is 58.2 Å². The van der Waals surface area contributed by atoms with Crippen LogP contribution < -0.4 is 10.6 Å². The summed E-state index contributed by atoms with van der Waals surface area (Å²) in [5.74, 6) is 1.33. The van der Waals surface area contributed by atoms with Crippen LogP contribution in [0.4, 0.5) is 21.0 Å². The van der Waals surface area contributed by atoms with Crippen molar-refractivity contribution in [2.75, 3.05) is 10.6 Å². The maximum absolute atomic E-state index is 13.7. The van der Waals surface area contributed by atoms with E-state index in [1.807, 2.05) is 60.7 Å². The first-order valence-electron chi connectivity index (χ1n) is 11.5. The van der Waals surface area contributed by atoms with Crippen molar-refractivity contribution < 1.29 is 9.59 Å². The van der Waals surface area contributed by atoms with Gasteiger partial charge in [-0.15, -0.1) is 0 Å². The summed E-state index contributed by atoms with van der Waals surface area (Å²) in [6.07, 6.45) is 8.10. The molecular weight excluding hydrogens is 403 g/mol. The zero-order valence-corrected chi connectivity index (χ0v) is 19.0. The molecule has 162 valence electrons. The van der Waals surface area contributed by atoms with Gasteiger partial charge in [0.05, 0.1) is 7.92 Å². The molecule has 4 fully saturated rings. The van der Waals surface area contributed by atoms with Gasteiger partial charge >= 0.3 is 0 Å². The van der Waals surface area contributed by atoms with E-state index in [-0.39, 0.29) is 16.5 Å². The van der Waals surface area contributed by atoms with Crippen molar-refractivity contribution in [3.63, 3.8) is 0 Å². The molecule has 0 spiro atoms. The Balaban J connectivity index is 1.49. The summed E-state index contributed by atoms with van der Waals surface area (Å²) in [7, 11) is -1.54. The van der Waals surface area contributed by atoms with Gasteiger partial charge in [0.1, 0.15) is 0 Å². The highest BCUT2D eigenvalue weighted by Crippen LogP contribution is 2.73. The molecule has 0 radical (unpaired) electrons. The minimum absolute atomic E-state index is 0.0946. The number of hydrogen-bond acceptors (Lipinski definition) is 2. The lowest BCUT2D eigenvalue weighted by Crippen LogP contribution is -2.56. The first-order chi connectivity index (χ1) is 15.0. The molecule has 0 heterocycles. The van der Waals surface area contributed by atoms with Crippen LogP contribution in [0.1, 0.15) is 51.9 Å². The SMILES string of the molecule is CCC12C[C@@H]3C[C@@H](C1)CC(P(C(=O)Nc1ccccc1)C(=O)Nc1ccccc1)(C3)C2. The standard InChI is InChI=1S/C26H31N2O2P/c1-2-25-14-19-13-20(15-25)17-26(16-19,18-25)31(23(29)27-21-9-5-3-6-10-21)24(30)28-22-11-7-4-8-12-22/h3-12,19-20H,2,13-18H2,1H3,(H,27,29)(H,28,30)/t19-,20-,25?,26?/m0/s1. The number of carbonyl (C=O) groups excluding carboxylic acids is 2. The summed E-state index contributed by atoms with van der Waals surface area (Å²) < 4.78 is 0. The zero-order chi connectivity index (χ0) is 21.5. The van der Waals surface area contributed by atoms with Crippen LogP contribution in [0, 0.1) is 17.3 Å². The van der Waals surface area contributed by atoms with Crippen LogP contribution in [0.25, 0.3) is 0 Å². The molecule has 31 heavy (non-hydrogen) atoms. The van der Waals surface area contributed by atoms with Crippen LogP contribution in [0.5, 0.6) is 0 Å². The number of rotatable bonds is 6. The molecule has 4 aliphatic carbocycles. The molecule has 2 aromatic carbocycles. The predicted octanol–water partition coefficient (Wildman–Crippen LogP) is 7.68. The number of carbonyl (C=O) groups is 2. The summed E-state index contributed by atoms with van der Waals surface area (Å²) in [6, 6.07) is 19.1. The summed E-state index contributed by atoms with van der Waals surface area (Å²) in [5, 5.41) is 6.01. The molecule has 0 aliphatic heterocycles. The van der Waals surface area contributed by atoms with E-state index >= 15 is 0 Å². The highest BCUT2D eigenvalue weighted by atomic mass is 31.1. The van der Waals surface area contributed by atoms with Crippen LogP contribution in [-0.2, 0) is 0 Å². The van der Waals surface area contributed by atoms with Crippen molar-refractivity contribution in [2.24, 2.45) is 17.3 Å². The minimum Gasteiger partial charge on any atom is -0.322 e. The van der Waals surface area contributed by atoms with Crippen LogP contribution in [-0.4, -0.2) is 16.5 Å². The number of anilines is 2. The molecule has 4 aliphatic rings. The van der Waals surface area contributed by atoms with Crippen molar-refractivity contribution in [1.29, 1.82) is 0 Å². The Morgan fingerprint density at radius 1 is 0.839 bits per heavy atom. The fraction of sp³-hybridized carbons (Fsp3) is 0.462. The second-order valence-corrected chi connectivity index (χ2v) is 12.4. The van der Waals surface area contributed by atoms with E-state index in [2.05, 4.69) is 17.6 Å². The Bertz CT molecular complexity index is 894. The number of benzene rings is 2. The molecule has 2 atom stereocenters. The molecule has 0 saturated heterocycles. The van der Waals surface area contributed by atoms with Crippen LogP contribution >= 0.6 is 7.92 Å². The molecule has 4 nitrogen and oxygen atoms in total. The normalized spacial score (nSPS) is 30.9. The lowest BCUT2D eigenvalue weighted by molar-refractivity contribution is -0.0408. The summed E-state index contributed by atoms with van der Waals surface area (Å²) in [6.45, 7) is 2.30. The van der Waals surface area contributed by atoms with Crippen molar-refractivity contribution in [1.82, 2.24) is 0 Å². The minimum atomic E-state index is -1.54. The molecular formula is C26H31N2O2P. The Kier molecular flexibility index (Phi) is 5.38. The second kappa shape index (κ2) is 8.06. The largest absolute Gasteiger partial charge is 0.322 e. The summed E-state index contributed by atoms with van der Waals surface area (Å²) in [5.41, 5.74) is 1.67. The number of nitrogens with one attached hydrogen (secondary N) is 2. The van der Waals surface area contributed by atoms with Crippen molar-refractivity contribution in [3.05, 3.63) is 60.7 Å². The quantitative estimate of drug-likeness (QED) is 0.458. The van der Waals surface area contributed by atoms with E-state index in [1.54, 1.807) is 0 Å². The van der Waals surface area contributed by atoms with Crippen LogP contribution in [0.3, 0.4) is 0 Å².